The Labute approximate surface area is 130 Å². The highest BCUT2D eigenvalue weighted by Crippen LogP contribution is 2.14. The van der Waals surface area contributed by atoms with Crippen LogP contribution >= 0.6 is 12.4 Å². The molecule has 0 aliphatic rings. The number of hydrogen-bond donors (Lipinski definition) is 2. The summed E-state index contributed by atoms with van der Waals surface area (Å²) in [7, 11) is 0. The van der Waals surface area contributed by atoms with Crippen LogP contribution in [0.1, 0.15) is 40.3 Å². The summed E-state index contributed by atoms with van der Waals surface area (Å²) in [6.45, 7) is 4.05. The Morgan fingerprint density at radius 1 is 1.38 bits per heavy atom. The Morgan fingerprint density at radius 2 is 2.05 bits per heavy atom. The lowest BCUT2D eigenvalue weighted by molar-refractivity contribution is 0.0948. The van der Waals surface area contributed by atoms with Crippen LogP contribution in [0.25, 0.3) is 0 Å². The van der Waals surface area contributed by atoms with Gasteiger partial charge in [0.1, 0.15) is 11.3 Å². The molecule has 0 saturated heterocycles. The SMILES string of the molecule is CCc1onc(C)c1C(=O)NCC(N)c1ccccc1.Cl. The van der Waals surface area contributed by atoms with Crippen molar-refractivity contribution in [3.8, 4) is 0 Å². The second kappa shape index (κ2) is 7.81. The number of aromatic nitrogens is 1. The van der Waals surface area contributed by atoms with Crippen LogP contribution in [-0.4, -0.2) is 17.6 Å². The van der Waals surface area contributed by atoms with Gasteiger partial charge in [-0.1, -0.05) is 42.4 Å². The zero-order valence-corrected chi connectivity index (χ0v) is 12.9. The predicted molar refractivity (Wildman–Crippen MR) is 83.6 cm³/mol. The third-order valence-electron chi connectivity index (χ3n) is 3.19. The Morgan fingerprint density at radius 3 is 2.67 bits per heavy atom. The van der Waals surface area contributed by atoms with Crippen molar-refractivity contribution in [3.63, 3.8) is 0 Å². The van der Waals surface area contributed by atoms with Gasteiger partial charge in [-0.2, -0.15) is 0 Å². The minimum absolute atomic E-state index is 0. The highest BCUT2D eigenvalue weighted by Gasteiger charge is 2.19. The Balaban J connectivity index is 0.00000220. The number of carbonyl (C=O) groups is 1. The Bertz CT molecular complexity index is 584. The van der Waals surface area contributed by atoms with Crippen LogP contribution < -0.4 is 11.1 Å². The molecule has 0 radical (unpaired) electrons. The molecule has 0 saturated carbocycles. The maximum absolute atomic E-state index is 12.2. The highest BCUT2D eigenvalue weighted by molar-refractivity contribution is 5.96. The molecule has 2 aromatic rings. The first-order chi connectivity index (χ1) is 9.63. The first-order valence-corrected chi connectivity index (χ1v) is 6.67. The van der Waals surface area contributed by atoms with Gasteiger partial charge in [-0.25, -0.2) is 0 Å². The zero-order valence-electron chi connectivity index (χ0n) is 12.1. The first kappa shape index (κ1) is 17.2. The van der Waals surface area contributed by atoms with E-state index in [0.717, 1.165) is 5.56 Å². The van der Waals surface area contributed by atoms with E-state index >= 15 is 0 Å². The maximum atomic E-state index is 12.2. The Kier molecular flexibility index (Phi) is 6.39. The second-order valence-corrected chi connectivity index (χ2v) is 4.65. The van der Waals surface area contributed by atoms with E-state index in [1.165, 1.54) is 0 Å². The quantitative estimate of drug-likeness (QED) is 0.888. The van der Waals surface area contributed by atoms with Gasteiger partial charge in [0.05, 0.1) is 5.69 Å². The molecule has 1 atom stereocenters. The van der Waals surface area contributed by atoms with Gasteiger partial charge in [-0.15, -0.1) is 12.4 Å². The number of amides is 1. The number of halogens is 1. The summed E-state index contributed by atoms with van der Waals surface area (Å²) in [6.07, 6.45) is 0.633. The third kappa shape index (κ3) is 4.06. The summed E-state index contributed by atoms with van der Waals surface area (Å²) in [5.74, 6) is 0.417. The summed E-state index contributed by atoms with van der Waals surface area (Å²) in [4.78, 5) is 12.2. The number of nitrogens with one attached hydrogen (secondary N) is 1. The summed E-state index contributed by atoms with van der Waals surface area (Å²) < 4.78 is 5.12. The number of nitrogens with two attached hydrogens (primary N) is 1. The van der Waals surface area contributed by atoms with Crippen molar-refractivity contribution in [1.82, 2.24) is 10.5 Å². The normalized spacial score (nSPS) is 11.6. The molecule has 1 unspecified atom stereocenters. The van der Waals surface area contributed by atoms with Gasteiger partial charge in [0.2, 0.25) is 0 Å². The standard InChI is InChI=1S/C15H19N3O2.ClH/c1-3-13-14(10(2)18-20-13)15(19)17-9-12(16)11-7-5-4-6-8-11;/h4-8,12H,3,9,16H2,1-2H3,(H,17,19);1H. The van der Waals surface area contributed by atoms with E-state index in [-0.39, 0.29) is 24.4 Å². The topological polar surface area (TPSA) is 81.2 Å². The molecule has 2 rings (SSSR count). The molecule has 1 aromatic heterocycles. The lowest BCUT2D eigenvalue weighted by Gasteiger charge is -2.13. The Hall–Kier alpha value is -1.85. The average Bonchev–Trinajstić information content (AvgIpc) is 2.86. The van der Waals surface area contributed by atoms with Gasteiger partial charge in [0.25, 0.3) is 5.91 Å². The molecule has 6 heteroatoms. The van der Waals surface area contributed by atoms with Gasteiger partial charge >= 0.3 is 0 Å². The molecule has 0 bridgehead atoms. The fourth-order valence-corrected chi connectivity index (χ4v) is 2.06. The number of benzene rings is 1. The lowest BCUT2D eigenvalue weighted by Crippen LogP contribution is -2.32. The van der Waals surface area contributed by atoms with Gasteiger partial charge in [-0.3, -0.25) is 4.79 Å². The van der Waals surface area contributed by atoms with Crippen LogP contribution in [0.3, 0.4) is 0 Å². The molecule has 0 aliphatic heterocycles. The average molecular weight is 310 g/mol. The van der Waals surface area contributed by atoms with E-state index < -0.39 is 0 Å². The highest BCUT2D eigenvalue weighted by atomic mass is 35.5. The van der Waals surface area contributed by atoms with Gasteiger partial charge in [0.15, 0.2) is 0 Å². The molecule has 1 aromatic carbocycles. The minimum atomic E-state index is -0.231. The van der Waals surface area contributed by atoms with Crippen molar-refractivity contribution in [2.75, 3.05) is 6.54 Å². The molecule has 5 nitrogen and oxygen atoms in total. The van der Waals surface area contributed by atoms with Crippen molar-refractivity contribution in [1.29, 1.82) is 0 Å². The fourth-order valence-electron chi connectivity index (χ4n) is 2.06. The zero-order chi connectivity index (χ0) is 14.5. The van der Waals surface area contributed by atoms with E-state index in [2.05, 4.69) is 10.5 Å². The van der Waals surface area contributed by atoms with E-state index in [1.807, 2.05) is 37.3 Å². The van der Waals surface area contributed by atoms with Crippen LogP contribution in [-0.2, 0) is 6.42 Å². The molecular weight excluding hydrogens is 290 g/mol. The molecule has 114 valence electrons. The second-order valence-electron chi connectivity index (χ2n) is 4.65. The van der Waals surface area contributed by atoms with E-state index in [9.17, 15) is 4.79 Å². The molecule has 3 N–H and O–H groups in total. The molecule has 0 spiro atoms. The van der Waals surface area contributed by atoms with Crippen molar-refractivity contribution in [2.24, 2.45) is 5.73 Å². The van der Waals surface area contributed by atoms with Crippen molar-refractivity contribution in [2.45, 2.75) is 26.3 Å². The number of nitrogens with zero attached hydrogens (tertiary/aromatic N) is 1. The summed E-state index contributed by atoms with van der Waals surface area (Å²) in [5, 5.41) is 6.66. The molecule has 0 aliphatic carbocycles. The summed E-state index contributed by atoms with van der Waals surface area (Å²) in [5.41, 5.74) is 8.17. The largest absolute Gasteiger partial charge is 0.360 e. The van der Waals surface area contributed by atoms with Crippen LogP contribution in [0.5, 0.6) is 0 Å². The summed E-state index contributed by atoms with van der Waals surface area (Å²) >= 11 is 0. The number of aryl methyl sites for hydroxylation is 2. The molecule has 1 heterocycles. The molecule has 1 amide bonds. The summed E-state index contributed by atoms with van der Waals surface area (Å²) in [6, 6.07) is 9.44. The maximum Gasteiger partial charge on any atom is 0.256 e. The van der Waals surface area contributed by atoms with Crippen LogP contribution in [0.15, 0.2) is 34.9 Å². The van der Waals surface area contributed by atoms with Gasteiger partial charge < -0.3 is 15.6 Å². The van der Waals surface area contributed by atoms with E-state index in [4.69, 9.17) is 10.3 Å². The first-order valence-electron chi connectivity index (χ1n) is 6.67. The van der Waals surface area contributed by atoms with Crippen molar-refractivity contribution < 1.29 is 9.32 Å². The van der Waals surface area contributed by atoms with E-state index in [0.29, 0.717) is 30.0 Å². The van der Waals surface area contributed by atoms with E-state index in [1.54, 1.807) is 6.92 Å². The van der Waals surface area contributed by atoms with Crippen LogP contribution in [0, 0.1) is 6.92 Å². The smallest absolute Gasteiger partial charge is 0.256 e. The minimum Gasteiger partial charge on any atom is -0.360 e. The van der Waals surface area contributed by atoms with Crippen LogP contribution in [0.2, 0.25) is 0 Å². The number of carbonyl (C=O) groups excluding carboxylic acids is 1. The van der Waals surface area contributed by atoms with Crippen LogP contribution in [0.4, 0.5) is 0 Å². The van der Waals surface area contributed by atoms with Crippen molar-refractivity contribution in [3.05, 3.63) is 52.9 Å². The number of rotatable bonds is 5. The monoisotopic (exact) mass is 309 g/mol. The molecule has 0 fully saturated rings. The van der Waals surface area contributed by atoms with Gasteiger partial charge in [-0.05, 0) is 12.5 Å². The van der Waals surface area contributed by atoms with Gasteiger partial charge in [0, 0.05) is 19.0 Å². The third-order valence-corrected chi connectivity index (χ3v) is 3.19. The molecular formula is C15H20ClN3O2. The number of hydrogen-bond acceptors (Lipinski definition) is 4. The lowest BCUT2D eigenvalue weighted by atomic mass is 10.1. The molecule has 21 heavy (non-hydrogen) atoms. The van der Waals surface area contributed by atoms with Crippen molar-refractivity contribution >= 4 is 18.3 Å². The fraction of sp³-hybridized carbons (Fsp3) is 0.333. The predicted octanol–water partition coefficient (Wildman–Crippen LogP) is 2.40.